The molecule has 1 saturated carbocycles. The van der Waals surface area contributed by atoms with E-state index in [4.69, 9.17) is 4.74 Å². The van der Waals surface area contributed by atoms with Gasteiger partial charge in [-0.25, -0.2) is 0 Å². The standard InChI is InChI=1S/C17H26N2O/c1-17(2)13-20-10-9-19(17)12-15-5-3-14(4-6-15)11-18-16-7-8-16/h3-6,16,18H,7-13H2,1-2H3. The van der Waals surface area contributed by atoms with Crippen molar-refractivity contribution in [3.8, 4) is 0 Å². The molecule has 0 aromatic heterocycles. The molecule has 110 valence electrons. The lowest BCUT2D eigenvalue weighted by molar-refractivity contribution is -0.0552. The Morgan fingerprint density at radius 1 is 1.20 bits per heavy atom. The highest BCUT2D eigenvalue weighted by molar-refractivity contribution is 5.23. The Labute approximate surface area is 122 Å². The van der Waals surface area contributed by atoms with Gasteiger partial charge in [-0.15, -0.1) is 0 Å². The van der Waals surface area contributed by atoms with Gasteiger partial charge in [0, 0.05) is 31.2 Å². The minimum absolute atomic E-state index is 0.143. The average molecular weight is 274 g/mol. The molecule has 0 spiro atoms. The van der Waals surface area contributed by atoms with Crippen LogP contribution in [0.3, 0.4) is 0 Å². The summed E-state index contributed by atoms with van der Waals surface area (Å²) in [6.45, 7) is 9.27. The van der Waals surface area contributed by atoms with Crippen molar-refractivity contribution in [3.05, 3.63) is 35.4 Å². The maximum Gasteiger partial charge on any atom is 0.0645 e. The van der Waals surface area contributed by atoms with Crippen molar-refractivity contribution in [1.82, 2.24) is 10.2 Å². The molecule has 0 atom stereocenters. The van der Waals surface area contributed by atoms with Gasteiger partial charge in [0.2, 0.25) is 0 Å². The average Bonchev–Trinajstić information content (AvgIpc) is 3.24. The van der Waals surface area contributed by atoms with E-state index in [9.17, 15) is 0 Å². The molecule has 1 aromatic rings. The van der Waals surface area contributed by atoms with E-state index in [2.05, 4.69) is 48.3 Å². The highest BCUT2D eigenvalue weighted by Gasteiger charge is 2.30. The van der Waals surface area contributed by atoms with E-state index >= 15 is 0 Å². The number of nitrogens with one attached hydrogen (secondary N) is 1. The largest absolute Gasteiger partial charge is 0.378 e. The Balaban J connectivity index is 1.56. The first kappa shape index (κ1) is 14.1. The molecule has 1 saturated heterocycles. The van der Waals surface area contributed by atoms with Crippen LogP contribution in [0.25, 0.3) is 0 Å². The third-order valence-electron chi connectivity index (χ3n) is 4.39. The van der Waals surface area contributed by atoms with Crippen LogP contribution in [0.5, 0.6) is 0 Å². The van der Waals surface area contributed by atoms with Crippen LogP contribution in [-0.2, 0) is 17.8 Å². The Morgan fingerprint density at radius 3 is 2.55 bits per heavy atom. The number of ether oxygens (including phenoxy) is 1. The molecule has 1 heterocycles. The van der Waals surface area contributed by atoms with Gasteiger partial charge < -0.3 is 10.1 Å². The SMILES string of the molecule is CC1(C)COCCN1Cc1ccc(CNC2CC2)cc1. The van der Waals surface area contributed by atoms with Crippen LogP contribution in [0.15, 0.2) is 24.3 Å². The van der Waals surface area contributed by atoms with Crippen molar-refractivity contribution < 1.29 is 4.74 Å². The summed E-state index contributed by atoms with van der Waals surface area (Å²) in [7, 11) is 0. The van der Waals surface area contributed by atoms with Gasteiger partial charge in [0.15, 0.2) is 0 Å². The van der Waals surface area contributed by atoms with Crippen molar-refractivity contribution in [2.45, 2.75) is 51.4 Å². The number of rotatable bonds is 5. The zero-order valence-corrected chi connectivity index (χ0v) is 12.7. The van der Waals surface area contributed by atoms with E-state index in [1.54, 1.807) is 0 Å². The third-order valence-corrected chi connectivity index (χ3v) is 4.39. The summed E-state index contributed by atoms with van der Waals surface area (Å²) in [5.74, 6) is 0. The van der Waals surface area contributed by atoms with Crippen molar-refractivity contribution in [2.24, 2.45) is 0 Å². The summed E-state index contributed by atoms with van der Waals surface area (Å²) in [6.07, 6.45) is 2.70. The normalized spacial score (nSPS) is 22.9. The first-order chi connectivity index (χ1) is 9.63. The summed E-state index contributed by atoms with van der Waals surface area (Å²) in [4.78, 5) is 2.52. The summed E-state index contributed by atoms with van der Waals surface area (Å²) in [5, 5.41) is 3.56. The van der Waals surface area contributed by atoms with E-state index in [1.165, 1.54) is 24.0 Å². The second-order valence-corrected chi connectivity index (χ2v) is 6.76. The summed E-state index contributed by atoms with van der Waals surface area (Å²) >= 11 is 0. The van der Waals surface area contributed by atoms with Crippen LogP contribution >= 0.6 is 0 Å². The molecule has 1 aliphatic heterocycles. The lowest BCUT2D eigenvalue weighted by Crippen LogP contribution is -2.52. The molecule has 20 heavy (non-hydrogen) atoms. The van der Waals surface area contributed by atoms with Gasteiger partial charge in [-0.1, -0.05) is 24.3 Å². The first-order valence-electron chi connectivity index (χ1n) is 7.77. The van der Waals surface area contributed by atoms with Crippen LogP contribution in [0.1, 0.15) is 37.8 Å². The van der Waals surface area contributed by atoms with Gasteiger partial charge in [0.05, 0.1) is 13.2 Å². The minimum Gasteiger partial charge on any atom is -0.378 e. The highest BCUT2D eigenvalue weighted by atomic mass is 16.5. The Kier molecular flexibility index (Phi) is 4.11. The van der Waals surface area contributed by atoms with Crippen molar-refractivity contribution in [3.63, 3.8) is 0 Å². The van der Waals surface area contributed by atoms with Gasteiger partial charge >= 0.3 is 0 Å². The van der Waals surface area contributed by atoms with E-state index in [0.29, 0.717) is 0 Å². The number of hydrogen-bond donors (Lipinski definition) is 1. The molecule has 0 amide bonds. The molecule has 0 bridgehead atoms. The maximum absolute atomic E-state index is 5.58. The lowest BCUT2D eigenvalue weighted by atomic mass is 10.0. The molecule has 2 fully saturated rings. The van der Waals surface area contributed by atoms with E-state index in [0.717, 1.165) is 38.9 Å². The van der Waals surface area contributed by atoms with E-state index in [-0.39, 0.29) is 5.54 Å². The summed E-state index contributed by atoms with van der Waals surface area (Å²) in [5.41, 5.74) is 2.93. The third kappa shape index (κ3) is 3.60. The molecule has 1 aliphatic carbocycles. The number of benzene rings is 1. The maximum atomic E-state index is 5.58. The molecule has 3 heteroatoms. The van der Waals surface area contributed by atoms with Crippen LogP contribution in [0.2, 0.25) is 0 Å². The second kappa shape index (κ2) is 5.84. The van der Waals surface area contributed by atoms with Gasteiger partial charge in [0.25, 0.3) is 0 Å². The molecule has 0 unspecified atom stereocenters. The smallest absolute Gasteiger partial charge is 0.0645 e. The zero-order valence-electron chi connectivity index (χ0n) is 12.7. The van der Waals surface area contributed by atoms with Crippen molar-refractivity contribution in [1.29, 1.82) is 0 Å². The molecular formula is C17H26N2O. The van der Waals surface area contributed by atoms with Gasteiger partial charge in [-0.05, 0) is 37.8 Å². The molecule has 2 aliphatic rings. The number of hydrogen-bond acceptors (Lipinski definition) is 3. The molecule has 0 radical (unpaired) electrons. The molecule has 3 nitrogen and oxygen atoms in total. The predicted octanol–water partition coefficient (Wildman–Crippen LogP) is 2.55. The molecule has 1 aromatic carbocycles. The van der Waals surface area contributed by atoms with Crippen molar-refractivity contribution >= 4 is 0 Å². The second-order valence-electron chi connectivity index (χ2n) is 6.76. The molecule has 1 N–H and O–H groups in total. The Morgan fingerprint density at radius 2 is 1.90 bits per heavy atom. The number of morpholine rings is 1. The summed E-state index contributed by atoms with van der Waals surface area (Å²) in [6, 6.07) is 9.85. The van der Waals surface area contributed by atoms with Crippen LogP contribution < -0.4 is 5.32 Å². The van der Waals surface area contributed by atoms with Crippen molar-refractivity contribution in [2.75, 3.05) is 19.8 Å². The fraction of sp³-hybridized carbons (Fsp3) is 0.647. The van der Waals surface area contributed by atoms with E-state index in [1.807, 2.05) is 0 Å². The fourth-order valence-electron chi connectivity index (χ4n) is 2.72. The highest BCUT2D eigenvalue weighted by Crippen LogP contribution is 2.22. The summed E-state index contributed by atoms with van der Waals surface area (Å²) < 4.78 is 5.58. The topological polar surface area (TPSA) is 24.5 Å². The molecular weight excluding hydrogens is 248 g/mol. The monoisotopic (exact) mass is 274 g/mol. The minimum atomic E-state index is 0.143. The lowest BCUT2D eigenvalue weighted by Gasteiger charge is -2.42. The van der Waals surface area contributed by atoms with Gasteiger partial charge in [0.1, 0.15) is 0 Å². The Bertz CT molecular complexity index is 437. The fourth-order valence-corrected chi connectivity index (χ4v) is 2.72. The van der Waals surface area contributed by atoms with Crippen LogP contribution in [-0.4, -0.2) is 36.2 Å². The van der Waals surface area contributed by atoms with Gasteiger partial charge in [-0.3, -0.25) is 4.90 Å². The Hall–Kier alpha value is -0.900. The zero-order chi connectivity index (χ0) is 14.0. The predicted molar refractivity (Wildman–Crippen MR) is 81.6 cm³/mol. The molecule has 3 rings (SSSR count). The first-order valence-corrected chi connectivity index (χ1v) is 7.77. The quantitative estimate of drug-likeness (QED) is 0.893. The van der Waals surface area contributed by atoms with Crippen LogP contribution in [0, 0.1) is 0 Å². The number of nitrogens with zero attached hydrogens (tertiary/aromatic N) is 1. The van der Waals surface area contributed by atoms with E-state index < -0.39 is 0 Å². The van der Waals surface area contributed by atoms with Crippen LogP contribution in [0.4, 0.5) is 0 Å². The van der Waals surface area contributed by atoms with Gasteiger partial charge in [-0.2, -0.15) is 0 Å².